The van der Waals surface area contributed by atoms with Gasteiger partial charge in [-0.15, -0.1) is 0 Å². The minimum absolute atomic E-state index is 0.113. The van der Waals surface area contributed by atoms with Crippen molar-refractivity contribution in [3.05, 3.63) is 126 Å². The minimum atomic E-state index is -1.00. The Bertz CT molecular complexity index is 1400. The Morgan fingerprint density at radius 1 is 0.844 bits per heavy atom. The van der Waals surface area contributed by atoms with Gasteiger partial charge in [-0.05, 0) is 47.8 Å². The Balaban J connectivity index is 1.25. The van der Waals surface area contributed by atoms with Gasteiger partial charge in [0.15, 0.2) is 0 Å². The topological polar surface area (TPSA) is 113 Å². The lowest BCUT2D eigenvalue weighted by atomic mass is 9.77. The summed E-state index contributed by atoms with van der Waals surface area (Å²) in [5.74, 6) is 0.217. The fourth-order valence-electron chi connectivity index (χ4n) is 7.27. The van der Waals surface area contributed by atoms with Crippen molar-refractivity contribution in [3.63, 3.8) is 0 Å². The maximum absolute atomic E-state index is 13.5. The van der Waals surface area contributed by atoms with Crippen LogP contribution in [0.25, 0.3) is 0 Å². The van der Waals surface area contributed by atoms with E-state index in [4.69, 9.17) is 10.7 Å². The van der Waals surface area contributed by atoms with Crippen LogP contribution in [0.3, 0.4) is 0 Å². The van der Waals surface area contributed by atoms with E-state index in [1.165, 1.54) is 19.3 Å². The van der Waals surface area contributed by atoms with Crippen molar-refractivity contribution in [2.45, 2.75) is 87.6 Å². The molecule has 0 spiro atoms. The normalized spacial score (nSPS) is 18.6. The summed E-state index contributed by atoms with van der Waals surface area (Å²) in [7, 11) is 0. The molecule has 4 aromatic rings. The highest BCUT2D eigenvalue weighted by molar-refractivity contribution is 5.82. The fourth-order valence-corrected chi connectivity index (χ4v) is 7.27. The molecule has 0 bridgehead atoms. The number of amides is 1. The predicted molar refractivity (Wildman–Crippen MR) is 176 cm³/mol. The molecule has 7 nitrogen and oxygen atoms in total. The molecule has 7 heteroatoms. The first-order valence-electron chi connectivity index (χ1n) is 16.6. The SMILES string of the molecule is N[C@@H](Cc1cn(C(c2ccccc2)(c2ccccc2)c2ccccc2)cn1)C(=O)N[C@@H](CC1CCCCC1)[C@@H](O)[C@@H](O)C1CC1. The van der Waals surface area contributed by atoms with E-state index in [1.807, 2.05) is 67.1 Å². The molecule has 2 aliphatic rings. The Labute approximate surface area is 266 Å². The van der Waals surface area contributed by atoms with Gasteiger partial charge in [0.1, 0.15) is 11.6 Å². The third-order valence-electron chi connectivity index (χ3n) is 9.87. The summed E-state index contributed by atoms with van der Waals surface area (Å²) in [6.45, 7) is 0. The molecule has 2 fully saturated rings. The number of hydrogen-bond acceptors (Lipinski definition) is 5. The Morgan fingerprint density at radius 2 is 1.38 bits per heavy atom. The number of imidazole rings is 1. The van der Waals surface area contributed by atoms with E-state index < -0.39 is 29.8 Å². The van der Waals surface area contributed by atoms with E-state index in [2.05, 4.69) is 46.3 Å². The Kier molecular flexibility index (Phi) is 9.79. The van der Waals surface area contributed by atoms with Crippen LogP contribution in [-0.4, -0.2) is 50.0 Å². The van der Waals surface area contributed by atoms with E-state index >= 15 is 0 Å². The molecule has 0 aliphatic heterocycles. The number of hydrogen-bond donors (Lipinski definition) is 4. The molecule has 5 N–H and O–H groups in total. The van der Waals surface area contributed by atoms with Crippen LogP contribution in [0.5, 0.6) is 0 Å². The van der Waals surface area contributed by atoms with E-state index in [0.29, 0.717) is 18.0 Å². The average molecular weight is 607 g/mol. The second kappa shape index (κ2) is 14.1. The van der Waals surface area contributed by atoms with Crippen LogP contribution < -0.4 is 11.1 Å². The van der Waals surface area contributed by atoms with Crippen molar-refractivity contribution >= 4 is 5.91 Å². The van der Waals surface area contributed by atoms with Crippen LogP contribution in [0.2, 0.25) is 0 Å². The zero-order chi connectivity index (χ0) is 31.2. The van der Waals surface area contributed by atoms with E-state index in [0.717, 1.165) is 42.4 Å². The highest BCUT2D eigenvalue weighted by Crippen LogP contribution is 2.41. The first-order valence-corrected chi connectivity index (χ1v) is 16.6. The summed E-state index contributed by atoms with van der Waals surface area (Å²) in [4.78, 5) is 18.3. The second-order valence-electron chi connectivity index (χ2n) is 13.1. The van der Waals surface area contributed by atoms with Gasteiger partial charge in [-0.2, -0.15) is 0 Å². The standard InChI is InChI=1S/C38H46N4O3/c39-33(37(45)41-34(23-27-13-5-1-6-14-27)36(44)35(43)28-21-22-28)24-32-25-42(26-40-32)38(29-15-7-2-8-16-29,30-17-9-3-10-18-30)31-19-11-4-12-20-31/h2-4,7-12,15-20,25-28,33-36,43-44H,1,5-6,13-14,21-24,39H2,(H,41,45)/t33-,34-,35-,36+/m0/s1. The van der Waals surface area contributed by atoms with Gasteiger partial charge in [-0.3, -0.25) is 4.79 Å². The van der Waals surface area contributed by atoms with Gasteiger partial charge in [0, 0.05) is 12.6 Å². The number of rotatable bonds is 13. The van der Waals surface area contributed by atoms with Gasteiger partial charge >= 0.3 is 0 Å². The molecule has 4 atom stereocenters. The highest BCUT2D eigenvalue weighted by Gasteiger charge is 2.40. The van der Waals surface area contributed by atoms with Crippen LogP contribution >= 0.6 is 0 Å². The van der Waals surface area contributed by atoms with Crippen molar-refractivity contribution in [2.75, 3.05) is 0 Å². The number of aliphatic hydroxyl groups excluding tert-OH is 2. The molecule has 236 valence electrons. The van der Waals surface area contributed by atoms with Gasteiger partial charge in [0.05, 0.1) is 30.2 Å². The molecule has 6 rings (SSSR count). The number of nitrogens with two attached hydrogens (primary N) is 1. The average Bonchev–Trinajstić information content (AvgIpc) is 3.84. The van der Waals surface area contributed by atoms with Crippen molar-refractivity contribution in [2.24, 2.45) is 17.6 Å². The van der Waals surface area contributed by atoms with Crippen LogP contribution in [0.1, 0.15) is 73.8 Å². The lowest BCUT2D eigenvalue weighted by Crippen LogP contribution is -2.54. The molecular formula is C38H46N4O3. The smallest absolute Gasteiger partial charge is 0.237 e. The third-order valence-corrected chi connectivity index (χ3v) is 9.87. The van der Waals surface area contributed by atoms with E-state index in [-0.39, 0.29) is 18.2 Å². The zero-order valence-corrected chi connectivity index (χ0v) is 25.9. The van der Waals surface area contributed by atoms with Crippen molar-refractivity contribution in [1.29, 1.82) is 0 Å². The van der Waals surface area contributed by atoms with E-state index in [1.54, 1.807) is 0 Å². The number of nitrogens with zero attached hydrogens (tertiary/aromatic N) is 2. The summed E-state index contributed by atoms with van der Waals surface area (Å²) in [5, 5.41) is 24.9. The molecule has 45 heavy (non-hydrogen) atoms. The quantitative estimate of drug-likeness (QED) is 0.157. The first kappa shape index (κ1) is 31.2. The Hall–Kier alpha value is -3.78. The number of carbonyl (C=O) groups excluding carboxylic acids is 1. The van der Waals surface area contributed by atoms with Crippen LogP contribution in [0.4, 0.5) is 0 Å². The molecule has 2 saturated carbocycles. The number of carbonyl (C=O) groups is 1. The maximum Gasteiger partial charge on any atom is 0.237 e. The summed E-state index contributed by atoms with van der Waals surface area (Å²) >= 11 is 0. The Morgan fingerprint density at radius 3 is 1.89 bits per heavy atom. The molecule has 0 radical (unpaired) electrons. The number of nitrogens with one attached hydrogen (secondary N) is 1. The van der Waals surface area contributed by atoms with Gasteiger partial charge < -0.3 is 25.8 Å². The molecule has 2 aliphatic carbocycles. The van der Waals surface area contributed by atoms with Gasteiger partial charge in [-0.1, -0.05) is 123 Å². The largest absolute Gasteiger partial charge is 0.390 e. The predicted octanol–water partition coefficient (Wildman–Crippen LogP) is 5.18. The third kappa shape index (κ3) is 6.91. The van der Waals surface area contributed by atoms with Crippen molar-refractivity contribution < 1.29 is 15.0 Å². The second-order valence-corrected chi connectivity index (χ2v) is 13.1. The van der Waals surface area contributed by atoms with Gasteiger partial charge in [0.25, 0.3) is 0 Å². The molecule has 1 aromatic heterocycles. The van der Waals surface area contributed by atoms with Crippen molar-refractivity contribution in [3.8, 4) is 0 Å². The molecule has 3 aromatic carbocycles. The molecule has 0 saturated heterocycles. The molecular weight excluding hydrogens is 560 g/mol. The van der Waals surface area contributed by atoms with E-state index in [9.17, 15) is 15.0 Å². The van der Waals surface area contributed by atoms with Crippen LogP contribution in [0, 0.1) is 11.8 Å². The lowest BCUT2D eigenvalue weighted by molar-refractivity contribution is -0.125. The summed E-state index contributed by atoms with van der Waals surface area (Å²) in [5.41, 5.74) is 9.78. The maximum atomic E-state index is 13.5. The monoisotopic (exact) mass is 606 g/mol. The number of aliphatic hydroxyl groups is 2. The highest BCUT2D eigenvalue weighted by atomic mass is 16.3. The summed E-state index contributed by atoms with van der Waals surface area (Å²) in [6.07, 6.45) is 10.5. The van der Waals surface area contributed by atoms with Crippen LogP contribution in [-0.2, 0) is 16.8 Å². The zero-order valence-electron chi connectivity index (χ0n) is 25.9. The molecule has 1 heterocycles. The van der Waals surface area contributed by atoms with Crippen LogP contribution in [0.15, 0.2) is 104 Å². The fraction of sp³-hybridized carbons (Fsp3) is 0.421. The number of aromatic nitrogens is 2. The van der Waals surface area contributed by atoms with Crippen molar-refractivity contribution in [1.82, 2.24) is 14.9 Å². The lowest BCUT2D eigenvalue weighted by Gasteiger charge is -2.37. The molecule has 1 amide bonds. The van der Waals surface area contributed by atoms with Gasteiger partial charge in [-0.25, -0.2) is 4.98 Å². The number of benzene rings is 3. The first-order chi connectivity index (χ1) is 22.0. The summed E-state index contributed by atoms with van der Waals surface area (Å²) in [6, 6.07) is 29.7. The van der Waals surface area contributed by atoms with Gasteiger partial charge in [0.2, 0.25) is 5.91 Å². The minimum Gasteiger partial charge on any atom is -0.390 e. The summed E-state index contributed by atoms with van der Waals surface area (Å²) < 4.78 is 2.12. The molecule has 0 unspecified atom stereocenters.